The summed E-state index contributed by atoms with van der Waals surface area (Å²) in [7, 11) is 1.61. The van der Waals surface area contributed by atoms with Crippen molar-refractivity contribution in [2.45, 2.75) is 13.0 Å². The van der Waals surface area contributed by atoms with Crippen molar-refractivity contribution in [3.05, 3.63) is 17.5 Å². The van der Waals surface area contributed by atoms with Gasteiger partial charge in [0, 0.05) is 19.4 Å². The number of aliphatic carboxylic acids is 1. The molecule has 0 amide bonds. The lowest BCUT2D eigenvalue weighted by Crippen LogP contribution is -2.36. The zero-order valence-electron chi connectivity index (χ0n) is 7.81. The summed E-state index contributed by atoms with van der Waals surface area (Å²) >= 11 is 5.76. The van der Waals surface area contributed by atoms with E-state index >= 15 is 0 Å². The Morgan fingerprint density at radius 3 is 2.64 bits per heavy atom. The van der Waals surface area contributed by atoms with Crippen molar-refractivity contribution in [3.8, 4) is 0 Å². The normalized spacial score (nSPS) is 12.2. The molecule has 0 saturated heterocycles. The molecule has 76 valence electrons. The van der Waals surface area contributed by atoms with Crippen LogP contribution in [0.15, 0.2) is 12.4 Å². The summed E-state index contributed by atoms with van der Waals surface area (Å²) < 4.78 is 0. The molecular weight excluding hydrogens is 206 g/mol. The molecule has 0 aliphatic heterocycles. The van der Waals surface area contributed by atoms with Crippen LogP contribution in [0.1, 0.15) is 6.92 Å². The highest BCUT2D eigenvalue weighted by atomic mass is 35.5. The molecule has 1 atom stereocenters. The monoisotopic (exact) mass is 215 g/mol. The highest BCUT2D eigenvalue weighted by Crippen LogP contribution is 2.19. The fraction of sp³-hybridized carbons (Fsp3) is 0.375. The van der Waals surface area contributed by atoms with Crippen LogP contribution in [0, 0.1) is 0 Å². The van der Waals surface area contributed by atoms with Gasteiger partial charge in [-0.15, -0.1) is 0 Å². The van der Waals surface area contributed by atoms with Gasteiger partial charge in [0.1, 0.15) is 6.04 Å². The van der Waals surface area contributed by atoms with Gasteiger partial charge in [-0.2, -0.15) is 0 Å². The third-order valence-electron chi connectivity index (χ3n) is 1.91. The smallest absolute Gasteiger partial charge is 0.326 e. The number of carboxylic acid groups (broad SMARTS) is 1. The highest BCUT2D eigenvalue weighted by Gasteiger charge is 2.20. The molecule has 1 heterocycles. The van der Waals surface area contributed by atoms with Crippen molar-refractivity contribution in [1.29, 1.82) is 0 Å². The first-order valence-corrected chi connectivity index (χ1v) is 4.34. The van der Waals surface area contributed by atoms with Crippen molar-refractivity contribution in [1.82, 2.24) is 9.97 Å². The molecule has 0 saturated carbocycles. The summed E-state index contributed by atoms with van der Waals surface area (Å²) in [6.45, 7) is 1.55. The van der Waals surface area contributed by atoms with E-state index in [1.54, 1.807) is 14.0 Å². The molecule has 0 fully saturated rings. The van der Waals surface area contributed by atoms with E-state index in [4.69, 9.17) is 16.7 Å². The minimum Gasteiger partial charge on any atom is -0.480 e. The Balaban J connectivity index is 2.94. The summed E-state index contributed by atoms with van der Waals surface area (Å²) in [5.41, 5.74) is 0. The quantitative estimate of drug-likeness (QED) is 0.816. The standard InChI is InChI=1S/C8H10ClN3O2/c1-5(8(13)14)12(2)7-6(9)10-3-4-11-7/h3-5H,1-2H3,(H,13,14)/t5-/m0/s1. The Kier molecular flexibility index (Phi) is 3.24. The van der Waals surface area contributed by atoms with Crippen LogP contribution in [0.5, 0.6) is 0 Å². The van der Waals surface area contributed by atoms with Gasteiger partial charge in [-0.25, -0.2) is 14.8 Å². The third kappa shape index (κ3) is 2.11. The van der Waals surface area contributed by atoms with E-state index in [2.05, 4.69) is 9.97 Å². The van der Waals surface area contributed by atoms with Gasteiger partial charge >= 0.3 is 5.97 Å². The van der Waals surface area contributed by atoms with Gasteiger partial charge in [-0.05, 0) is 6.92 Å². The van der Waals surface area contributed by atoms with Gasteiger partial charge in [-0.3, -0.25) is 0 Å². The average Bonchev–Trinajstić information content (AvgIpc) is 2.16. The van der Waals surface area contributed by atoms with E-state index in [-0.39, 0.29) is 5.15 Å². The maximum absolute atomic E-state index is 10.7. The fourth-order valence-corrected chi connectivity index (χ4v) is 1.14. The number of carboxylic acids is 1. The molecule has 0 aromatic carbocycles. The van der Waals surface area contributed by atoms with Gasteiger partial charge in [0.15, 0.2) is 11.0 Å². The van der Waals surface area contributed by atoms with E-state index in [0.717, 1.165) is 0 Å². The molecular formula is C8H10ClN3O2. The first-order chi connectivity index (χ1) is 6.54. The second-order valence-corrected chi connectivity index (χ2v) is 3.15. The van der Waals surface area contributed by atoms with Crippen LogP contribution in [0.4, 0.5) is 5.82 Å². The Hall–Kier alpha value is -1.36. The van der Waals surface area contributed by atoms with Gasteiger partial charge < -0.3 is 10.0 Å². The minimum absolute atomic E-state index is 0.197. The molecule has 1 aromatic rings. The van der Waals surface area contributed by atoms with E-state index < -0.39 is 12.0 Å². The molecule has 1 aromatic heterocycles. The number of halogens is 1. The Morgan fingerprint density at radius 2 is 2.14 bits per heavy atom. The van der Waals surface area contributed by atoms with Crippen LogP contribution in [-0.4, -0.2) is 34.1 Å². The van der Waals surface area contributed by atoms with Crippen LogP contribution in [0.3, 0.4) is 0 Å². The summed E-state index contributed by atoms with van der Waals surface area (Å²) in [5, 5.41) is 8.97. The second-order valence-electron chi connectivity index (χ2n) is 2.80. The van der Waals surface area contributed by atoms with Crippen LogP contribution in [0.25, 0.3) is 0 Å². The van der Waals surface area contributed by atoms with Gasteiger partial charge in [-0.1, -0.05) is 11.6 Å². The maximum Gasteiger partial charge on any atom is 0.326 e. The summed E-state index contributed by atoms with van der Waals surface area (Å²) in [6, 6.07) is -0.691. The van der Waals surface area contributed by atoms with Crippen LogP contribution >= 0.6 is 11.6 Å². The van der Waals surface area contributed by atoms with Crippen LogP contribution in [0.2, 0.25) is 5.15 Å². The summed E-state index contributed by atoms with van der Waals surface area (Å²) in [6.07, 6.45) is 2.91. The van der Waals surface area contributed by atoms with E-state index in [0.29, 0.717) is 5.82 Å². The largest absolute Gasteiger partial charge is 0.480 e. The molecule has 0 aliphatic carbocycles. The van der Waals surface area contributed by atoms with Crippen LogP contribution in [-0.2, 0) is 4.79 Å². The number of hydrogen-bond donors (Lipinski definition) is 1. The number of aromatic nitrogens is 2. The van der Waals surface area contributed by atoms with Gasteiger partial charge in [0.05, 0.1) is 0 Å². The Morgan fingerprint density at radius 1 is 1.57 bits per heavy atom. The van der Waals surface area contributed by atoms with Crippen molar-refractivity contribution < 1.29 is 9.90 Å². The van der Waals surface area contributed by atoms with E-state index in [9.17, 15) is 4.79 Å². The van der Waals surface area contributed by atoms with Crippen molar-refractivity contribution >= 4 is 23.4 Å². The molecule has 0 radical (unpaired) electrons. The number of nitrogens with zero attached hydrogens (tertiary/aromatic N) is 3. The Bertz CT molecular complexity index is 345. The fourth-order valence-electron chi connectivity index (χ4n) is 0.899. The SMILES string of the molecule is C[C@@H](C(=O)O)N(C)c1nccnc1Cl. The first kappa shape index (κ1) is 10.7. The summed E-state index contributed by atoms with van der Waals surface area (Å²) in [5.74, 6) is -0.571. The Labute approximate surface area is 86.3 Å². The number of rotatable bonds is 3. The zero-order chi connectivity index (χ0) is 10.7. The predicted molar refractivity (Wildman–Crippen MR) is 52.5 cm³/mol. The lowest BCUT2D eigenvalue weighted by Gasteiger charge is -2.22. The maximum atomic E-state index is 10.7. The molecule has 1 rings (SSSR count). The topological polar surface area (TPSA) is 66.3 Å². The number of likely N-dealkylation sites (N-methyl/N-ethyl adjacent to an activating group) is 1. The summed E-state index contributed by atoms with van der Waals surface area (Å²) in [4.78, 5) is 19.9. The van der Waals surface area contributed by atoms with E-state index in [1.807, 2.05) is 0 Å². The van der Waals surface area contributed by atoms with E-state index in [1.165, 1.54) is 17.3 Å². The molecule has 0 unspecified atom stereocenters. The van der Waals surface area contributed by atoms with Crippen LogP contribution < -0.4 is 4.90 Å². The van der Waals surface area contributed by atoms with Crippen molar-refractivity contribution in [3.63, 3.8) is 0 Å². The van der Waals surface area contributed by atoms with Gasteiger partial charge in [0.2, 0.25) is 0 Å². The number of hydrogen-bond acceptors (Lipinski definition) is 4. The highest BCUT2D eigenvalue weighted by molar-refractivity contribution is 6.31. The molecule has 0 bridgehead atoms. The lowest BCUT2D eigenvalue weighted by atomic mass is 10.3. The molecule has 14 heavy (non-hydrogen) atoms. The zero-order valence-corrected chi connectivity index (χ0v) is 8.56. The van der Waals surface area contributed by atoms with Crippen molar-refractivity contribution in [2.75, 3.05) is 11.9 Å². The van der Waals surface area contributed by atoms with Gasteiger partial charge in [0.25, 0.3) is 0 Å². The molecule has 5 nitrogen and oxygen atoms in total. The molecule has 1 N–H and O–H groups in total. The lowest BCUT2D eigenvalue weighted by molar-refractivity contribution is -0.138. The first-order valence-electron chi connectivity index (χ1n) is 3.96. The minimum atomic E-state index is -0.936. The molecule has 0 aliphatic rings. The van der Waals surface area contributed by atoms with Crippen molar-refractivity contribution in [2.24, 2.45) is 0 Å². The number of anilines is 1. The third-order valence-corrected chi connectivity index (χ3v) is 2.17. The molecule has 6 heteroatoms. The molecule has 0 spiro atoms. The average molecular weight is 216 g/mol. The number of carbonyl (C=O) groups is 1. The second kappa shape index (κ2) is 4.23. The predicted octanol–water partition coefficient (Wildman–Crippen LogP) is 1.04.